The molecule has 0 bridgehead atoms. The van der Waals surface area contributed by atoms with Crippen LogP contribution in [0.2, 0.25) is 0 Å². The molecule has 0 N–H and O–H groups in total. The summed E-state index contributed by atoms with van der Waals surface area (Å²) in [5.41, 5.74) is 0.750. The van der Waals surface area contributed by atoms with Crippen LogP contribution in [0.1, 0.15) is 18.1 Å². The summed E-state index contributed by atoms with van der Waals surface area (Å²) in [5, 5.41) is 14.5. The first kappa shape index (κ1) is 16.8. The summed E-state index contributed by atoms with van der Waals surface area (Å²) in [7, 11) is 1.60. The van der Waals surface area contributed by atoms with Crippen LogP contribution in [0.25, 0.3) is 22.2 Å². The average molecular weight is 386 g/mol. The highest BCUT2D eigenvalue weighted by Crippen LogP contribution is 2.36. The Kier molecular flexibility index (Phi) is 4.72. The van der Waals surface area contributed by atoms with Gasteiger partial charge in [-0.2, -0.15) is 4.98 Å². The predicted molar refractivity (Wildman–Crippen MR) is 98.2 cm³/mol. The summed E-state index contributed by atoms with van der Waals surface area (Å²) in [6.07, 6.45) is 0. The number of thiophene rings is 1. The summed E-state index contributed by atoms with van der Waals surface area (Å²) in [6, 6.07) is 11.4. The standard InChI is InChI=1S/C17H14N4O3S2/c1-10(15-18-14(21-24-15)13-8-5-9-25-13)26-17-20-19-16(23-17)11-6-3-4-7-12(11)22-2/h3-10H,1-2H3. The van der Waals surface area contributed by atoms with Crippen LogP contribution in [-0.2, 0) is 0 Å². The molecule has 0 aliphatic carbocycles. The Balaban J connectivity index is 1.50. The Morgan fingerprint density at radius 2 is 2.04 bits per heavy atom. The smallest absolute Gasteiger partial charge is 0.277 e. The molecule has 0 aliphatic heterocycles. The molecule has 1 atom stereocenters. The number of benzene rings is 1. The van der Waals surface area contributed by atoms with Crippen molar-refractivity contribution in [2.75, 3.05) is 7.11 Å². The van der Waals surface area contributed by atoms with Crippen molar-refractivity contribution in [3.8, 4) is 27.9 Å². The number of methoxy groups -OCH3 is 1. The van der Waals surface area contributed by atoms with Crippen molar-refractivity contribution in [3.05, 3.63) is 47.7 Å². The zero-order chi connectivity index (χ0) is 17.9. The molecule has 0 radical (unpaired) electrons. The molecule has 0 amide bonds. The first-order valence-electron chi connectivity index (χ1n) is 7.75. The van der Waals surface area contributed by atoms with E-state index in [0.29, 0.717) is 28.6 Å². The van der Waals surface area contributed by atoms with Crippen LogP contribution in [0, 0.1) is 0 Å². The van der Waals surface area contributed by atoms with Crippen molar-refractivity contribution < 1.29 is 13.7 Å². The minimum Gasteiger partial charge on any atom is -0.496 e. The molecule has 3 aromatic heterocycles. The maximum atomic E-state index is 5.76. The van der Waals surface area contributed by atoms with E-state index in [1.807, 2.05) is 48.7 Å². The maximum absolute atomic E-state index is 5.76. The lowest BCUT2D eigenvalue weighted by atomic mass is 10.2. The Morgan fingerprint density at radius 3 is 2.85 bits per heavy atom. The predicted octanol–water partition coefficient (Wildman–Crippen LogP) is 4.71. The number of hydrogen-bond donors (Lipinski definition) is 0. The number of para-hydroxylation sites is 1. The van der Waals surface area contributed by atoms with Crippen LogP contribution < -0.4 is 4.74 Å². The van der Waals surface area contributed by atoms with Crippen molar-refractivity contribution in [3.63, 3.8) is 0 Å². The first-order valence-corrected chi connectivity index (χ1v) is 9.51. The number of thioether (sulfide) groups is 1. The fourth-order valence-corrected chi connectivity index (χ4v) is 3.66. The first-order chi connectivity index (χ1) is 12.7. The molecular weight excluding hydrogens is 372 g/mol. The van der Waals surface area contributed by atoms with Crippen molar-refractivity contribution in [2.24, 2.45) is 0 Å². The third-order valence-corrected chi connectivity index (χ3v) is 5.34. The van der Waals surface area contributed by atoms with Gasteiger partial charge in [0, 0.05) is 0 Å². The Labute approximate surface area is 157 Å². The van der Waals surface area contributed by atoms with Gasteiger partial charge < -0.3 is 13.7 Å². The molecule has 4 aromatic rings. The average Bonchev–Trinajstić information content (AvgIpc) is 3.41. The van der Waals surface area contributed by atoms with Gasteiger partial charge in [-0.1, -0.05) is 35.1 Å². The van der Waals surface area contributed by atoms with Gasteiger partial charge in [0.05, 0.1) is 22.8 Å². The maximum Gasteiger partial charge on any atom is 0.277 e. The van der Waals surface area contributed by atoms with Gasteiger partial charge in [0.1, 0.15) is 5.75 Å². The second-order valence-electron chi connectivity index (χ2n) is 5.27. The molecule has 26 heavy (non-hydrogen) atoms. The van der Waals surface area contributed by atoms with Crippen molar-refractivity contribution in [1.29, 1.82) is 0 Å². The molecule has 7 nitrogen and oxygen atoms in total. The summed E-state index contributed by atoms with van der Waals surface area (Å²) in [4.78, 5) is 5.41. The molecule has 132 valence electrons. The Bertz CT molecular complexity index is 997. The third-order valence-electron chi connectivity index (χ3n) is 3.55. The zero-order valence-electron chi connectivity index (χ0n) is 13.9. The van der Waals surface area contributed by atoms with E-state index in [9.17, 15) is 0 Å². The molecule has 0 saturated carbocycles. The van der Waals surface area contributed by atoms with Crippen molar-refractivity contribution in [2.45, 2.75) is 17.4 Å². The van der Waals surface area contributed by atoms with E-state index in [-0.39, 0.29) is 5.25 Å². The van der Waals surface area contributed by atoms with Gasteiger partial charge in [-0.3, -0.25) is 0 Å². The van der Waals surface area contributed by atoms with Gasteiger partial charge in [-0.05, 0) is 30.5 Å². The van der Waals surface area contributed by atoms with E-state index in [4.69, 9.17) is 13.7 Å². The number of nitrogens with zero attached hydrogens (tertiary/aromatic N) is 4. The molecule has 1 aromatic carbocycles. The van der Waals surface area contributed by atoms with E-state index in [0.717, 1.165) is 10.4 Å². The molecule has 1 unspecified atom stereocenters. The van der Waals surface area contributed by atoms with Gasteiger partial charge in [-0.25, -0.2) is 0 Å². The highest BCUT2D eigenvalue weighted by molar-refractivity contribution is 7.99. The lowest BCUT2D eigenvalue weighted by Gasteiger charge is -2.03. The topological polar surface area (TPSA) is 87.1 Å². The second kappa shape index (κ2) is 7.30. The molecule has 3 heterocycles. The zero-order valence-corrected chi connectivity index (χ0v) is 15.6. The normalized spacial score (nSPS) is 12.2. The van der Waals surface area contributed by atoms with Crippen LogP contribution in [0.4, 0.5) is 0 Å². The minimum atomic E-state index is -0.123. The largest absolute Gasteiger partial charge is 0.496 e. The van der Waals surface area contributed by atoms with Crippen LogP contribution in [0.15, 0.2) is 55.9 Å². The fraction of sp³-hybridized carbons (Fsp3) is 0.176. The van der Waals surface area contributed by atoms with Gasteiger partial charge >= 0.3 is 0 Å². The summed E-state index contributed by atoms with van der Waals surface area (Å²) in [6.45, 7) is 1.95. The quantitative estimate of drug-likeness (QED) is 0.440. The Hall–Kier alpha value is -2.65. The lowest BCUT2D eigenvalue weighted by Crippen LogP contribution is -1.88. The van der Waals surface area contributed by atoms with Crippen LogP contribution >= 0.6 is 23.1 Å². The number of ether oxygens (including phenoxy) is 1. The van der Waals surface area contributed by atoms with E-state index in [2.05, 4.69) is 20.3 Å². The summed E-state index contributed by atoms with van der Waals surface area (Å²) >= 11 is 2.93. The van der Waals surface area contributed by atoms with Gasteiger partial charge in [0.15, 0.2) is 0 Å². The molecule has 0 saturated heterocycles. The molecule has 0 aliphatic rings. The van der Waals surface area contributed by atoms with Crippen LogP contribution in [0.5, 0.6) is 5.75 Å². The molecular formula is C17H14N4O3S2. The van der Waals surface area contributed by atoms with Gasteiger partial charge in [0.25, 0.3) is 11.1 Å². The fourth-order valence-electron chi connectivity index (χ4n) is 2.30. The molecule has 9 heteroatoms. The number of hydrogen-bond acceptors (Lipinski definition) is 9. The summed E-state index contributed by atoms with van der Waals surface area (Å²) < 4.78 is 16.5. The highest BCUT2D eigenvalue weighted by atomic mass is 32.2. The molecule has 0 fully saturated rings. The molecule has 0 spiro atoms. The van der Waals surface area contributed by atoms with E-state index >= 15 is 0 Å². The van der Waals surface area contributed by atoms with Crippen LogP contribution in [0.3, 0.4) is 0 Å². The van der Waals surface area contributed by atoms with E-state index < -0.39 is 0 Å². The minimum absolute atomic E-state index is 0.123. The molecule has 4 rings (SSSR count). The Morgan fingerprint density at radius 1 is 1.15 bits per heavy atom. The van der Waals surface area contributed by atoms with E-state index in [1.54, 1.807) is 18.4 Å². The highest BCUT2D eigenvalue weighted by Gasteiger charge is 2.21. The SMILES string of the molecule is COc1ccccc1-c1nnc(SC(C)c2nc(-c3cccs3)no2)o1. The monoisotopic (exact) mass is 386 g/mol. The summed E-state index contributed by atoms with van der Waals surface area (Å²) in [5.74, 6) is 2.18. The van der Waals surface area contributed by atoms with Crippen molar-refractivity contribution >= 4 is 23.1 Å². The van der Waals surface area contributed by atoms with Crippen molar-refractivity contribution in [1.82, 2.24) is 20.3 Å². The van der Waals surface area contributed by atoms with Gasteiger partial charge in [-0.15, -0.1) is 21.5 Å². The van der Waals surface area contributed by atoms with Gasteiger partial charge in [0.2, 0.25) is 11.7 Å². The van der Waals surface area contributed by atoms with Crippen LogP contribution in [-0.4, -0.2) is 27.4 Å². The third kappa shape index (κ3) is 3.35. The van der Waals surface area contributed by atoms with E-state index in [1.165, 1.54) is 11.8 Å². The lowest BCUT2D eigenvalue weighted by molar-refractivity contribution is 0.379. The number of aromatic nitrogens is 4. The second-order valence-corrected chi connectivity index (χ2v) is 7.51. The number of rotatable bonds is 6.